The lowest BCUT2D eigenvalue weighted by Gasteiger charge is -2.38. The molecule has 3 nitrogen and oxygen atoms in total. The average molecular weight is 254 g/mol. The van der Waals surface area contributed by atoms with Gasteiger partial charge in [-0.1, -0.05) is 48.0 Å². The summed E-state index contributed by atoms with van der Waals surface area (Å²) in [6.45, 7) is 15.2. The molecule has 0 aliphatic carbocycles. The Hall–Kier alpha value is -0.570. The Balaban J connectivity index is 2.93. The number of rotatable bonds is 4. The molecule has 1 heterocycles. The summed E-state index contributed by atoms with van der Waals surface area (Å²) in [5.41, 5.74) is 0.120. The topological polar surface area (TPSA) is 32.3 Å². The van der Waals surface area contributed by atoms with E-state index in [0.717, 1.165) is 12.8 Å². The second kappa shape index (κ2) is 5.60. The molecule has 106 valence electrons. The predicted octanol–water partition coefficient (Wildman–Crippen LogP) is 3.00. The molecule has 1 amide bonds. The van der Waals surface area contributed by atoms with E-state index in [1.54, 1.807) is 0 Å². The van der Waals surface area contributed by atoms with E-state index in [1.807, 2.05) is 0 Å². The zero-order chi connectivity index (χ0) is 14.1. The molecule has 0 bridgehead atoms. The average Bonchev–Trinajstić information content (AvgIpc) is 2.63. The van der Waals surface area contributed by atoms with Crippen molar-refractivity contribution < 1.29 is 4.79 Å². The summed E-state index contributed by atoms with van der Waals surface area (Å²) in [5.74, 6) is 0.697. The van der Waals surface area contributed by atoms with Gasteiger partial charge in [-0.05, 0) is 24.7 Å². The van der Waals surface area contributed by atoms with Gasteiger partial charge in [0.1, 0.15) is 0 Å². The van der Waals surface area contributed by atoms with Crippen LogP contribution in [0, 0.1) is 11.3 Å². The first-order valence-corrected chi connectivity index (χ1v) is 7.32. The van der Waals surface area contributed by atoms with Crippen LogP contribution in [0.2, 0.25) is 0 Å². The van der Waals surface area contributed by atoms with Crippen molar-refractivity contribution in [3.8, 4) is 0 Å². The third-order valence-electron chi connectivity index (χ3n) is 4.50. The highest BCUT2D eigenvalue weighted by Crippen LogP contribution is 2.30. The summed E-state index contributed by atoms with van der Waals surface area (Å²) in [6.07, 6.45) is 2.21. The normalized spacial score (nSPS) is 28.6. The molecule has 1 fully saturated rings. The van der Waals surface area contributed by atoms with Gasteiger partial charge in [-0.2, -0.15) is 0 Å². The van der Waals surface area contributed by atoms with E-state index in [4.69, 9.17) is 0 Å². The summed E-state index contributed by atoms with van der Waals surface area (Å²) >= 11 is 0. The number of nitrogens with zero attached hydrogens (tertiary/aromatic N) is 1. The predicted molar refractivity (Wildman–Crippen MR) is 76.2 cm³/mol. The SMILES string of the molecule is CCC(C)C1NC(CC)N(C(C)C(C)(C)C)C1=O. The molecule has 1 aliphatic rings. The van der Waals surface area contributed by atoms with Crippen molar-refractivity contribution in [2.75, 3.05) is 0 Å². The van der Waals surface area contributed by atoms with Crippen molar-refractivity contribution in [3.63, 3.8) is 0 Å². The van der Waals surface area contributed by atoms with Gasteiger partial charge in [0.15, 0.2) is 0 Å². The van der Waals surface area contributed by atoms with Gasteiger partial charge >= 0.3 is 0 Å². The van der Waals surface area contributed by atoms with E-state index in [9.17, 15) is 4.79 Å². The zero-order valence-corrected chi connectivity index (χ0v) is 13.1. The molecular formula is C15H30N2O. The first kappa shape index (κ1) is 15.5. The number of amides is 1. The van der Waals surface area contributed by atoms with Crippen molar-refractivity contribution >= 4 is 5.91 Å². The fourth-order valence-corrected chi connectivity index (χ4v) is 2.51. The highest BCUT2D eigenvalue weighted by atomic mass is 16.2. The summed E-state index contributed by atoms with van der Waals surface area (Å²) in [7, 11) is 0. The smallest absolute Gasteiger partial charge is 0.241 e. The first-order valence-electron chi connectivity index (χ1n) is 7.32. The minimum atomic E-state index is 0.00440. The lowest BCUT2D eigenvalue weighted by molar-refractivity contribution is -0.135. The van der Waals surface area contributed by atoms with E-state index in [0.29, 0.717) is 11.8 Å². The van der Waals surface area contributed by atoms with Crippen LogP contribution in [0.15, 0.2) is 0 Å². The Morgan fingerprint density at radius 3 is 2.22 bits per heavy atom. The fourth-order valence-electron chi connectivity index (χ4n) is 2.51. The maximum absolute atomic E-state index is 12.6. The molecule has 1 N–H and O–H groups in total. The van der Waals surface area contributed by atoms with E-state index in [1.165, 1.54) is 0 Å². The van der Waals surface area contributed by atoms with Gasteiger partial charge in [0.2, 0.25) is 5.91 Å². The van der Waals surface area contributed by atoms with Crippen LogP contribution < -0.4 is 5.32 Å². The summed E-state index contributed by atoms with van der Waals surface area (Å²) in [6, 6.07) is 0.265. The van der Waals surface area contributed by atoms with Crippen molar-refractivity contribution in [1.82, 2.24) is 10.2 Å². The van der Waals surface area contributed by atoms with Crippen molar-refractivity contribution in [2.45, 2.75) is 79.6 Å². The third-order valence-corrected chi connectivity index (χ3v) is 4.50. The number of nitrogens with one attached hydrogen (secondary N) is 1. The van der Waals surface area contributed by atoms with Gasteiger partial charge in [0, 0.05) is 6.04 Å². The molecular weight excluding hydrogens is 224 g/mol. The second-order valence-corrected chi connectivity index (χ2v) is 6.74. The van der Waals surface area contributed by atoms with Crippen molar-refractivity contribution in [2.24, 2.45) is 11.3 Å². The Morgan fingerprint density at radius 1 is 1.28 bits per heavy atom. The molecule has 4 unspecified atom stereocenters. The number of carbonyl (C=O) groups is 1. The second-order valence-electron chi connectivity index (χ2n) is 6.74. The molecule has 1 saturated heterocycles. The van der Waals surface area contributed by atoms with Gasteiger partial charge in [0.25, 0.3) is 0 Å². The van der Waals surface area contributed by atoms with Crippen LogP contribution in [-0.4, -0.2) is 29.1 Å². The van der Waals surface area contributed by atoms with Crippen LogP contribution in [0.25, 0.3) is 0 Å². The Morgan fingerprint density at radius 2 is 1.83 bits per heavy atom. The Bertz CT molecular complexity index is 295. The number of hydrogen-bond acceptors (Lipinski definition) is 2. The minimum Gasteiger partial charge on any atom is -0.323 e. The zero-order valence-electron chi connectivity index (χ0n) is 13.1. The lowest BCUT2D eigenvalue weighted by Crippen LogP contribution is -2.48. The first-order chi connectivity index (χ1) is 8.23. The molecule has 3 heteroatoms. The standard InChI is InChI=1S/C15H30N2O/c1-8-10(3)13-14(18)17(12(9-2)16-13)11(4)15(5,6)7/h10-13,16H,8-9H2,1-7H3. The van der Waals surface area contributed by atoms with Crippen LogP contribution in [0.3, 0.4) is 0 Å². The molecule has 0 aromatic heterocycles. The number of carbonyl (C=O) groups excluding carboxylic acids is 1. The molecule has 4 atom stereocenters. The van der Waals surface area contributed by atoms with E-state index >= 15 is 0 Å². The quantitative estimate of drug-likeness (QED) is 0.836. The number of hydrogen-bond donors (Lipinski definition) is 1. The van der Waals surface area contributed by atoms with Crippen LogP contribution >= 0.6 is 0 Å². The van der Waals surface area contributed by atoms with Crippen LogP contribution in [0.4, 0.5) is 0 Å². The minimum absolute atomic E-state index is 0.00440. The summed E-state index contributed by atoms with van der Waals surface area (Å²) < 4.78 is 0. The highest BCUT2D eigenvalue weighted by molar-refractivity contribution is 5.85. The van der Waals surface area contributed by atoms with E-state index in [-0.39, 0.29) is 23.7 Å². The van der Waals surface area contributed by atoms with Gasteiger partial charge < -0.3 is 4.90 Å². The summed E-state index contributed by atoms with van der Waals surface area (Å²) in [5, 5.41) is 3.52. The third kappa shape index (κ3) is 2.87. The van der Waals surface area contributed by atoms with Crippen LogP contribution in [0.5, 0.6) is 0 Å². The lowest BCUT2D eigenvalue weighted by atomic mass is 9.86. The molecule has 0 spiro atoms. The monoisotopic (exact) mass is 254 g/mol. The fraction of sp³-hybridized carbons (Fsp3) is 0.933. The molecule has 0 radical (unpaired) electrons. The van der Waals surface area contributed by atoms with E-state index < -0.39 is 0 Å². The summed E-state index contributed by atoms with van der Waals surface area (Å²) in [4.78, 5) is 14.7. The Kier molecular flexibility index (Phi) is 4.82. The molecule has 1 rings (SSSR count). The maximum atomic E-state index is 12.6. The molecule has 18 heavy (non-hydrogen) atoms. The van der Waals surface area contributed by atoms with Gasteiger partial charge in [-0.15, -0.1) is 0 Å². The molecule has 0 aromatic rings. The Labute approximate surface area is 112 Å². The maximum Gasteiger partial charge on any atom is 0.241 e. The van der Waals surface area contributed by atoms with Gasteiger partial charge in [0.05, 0.1) is 12.2 Å². The van der Waals surface area contributed by atoms with Gasteiger partial charge in [-0.3, -0.25) is 10.1 Å². The van der Waals surface area contributed by atoms with Gasteiger partial charge in [-0.25, -0.2) is 0 Å². The molecule has 0 aromatic carbocycles. The largest absolute Gasteiger partial charge is 0.323 e. The van der Waals surface area contributed by atoms with Crippen LogP contribution in [0.1, 0.15) is 61.3 Å². The van der Waals surface area contributed by atoms with Crippen molar-refractivity contribution in [3.05, 3.63) is 0 Å². The van der Waals surface area contributed by atoms with Crippen LogP contribution in [-0.2, 0) is 4.79 Å². The van der Waals surface area contributed by atoms with Crippen molar-refractivity contribution in [1.29, 1.82) is 0 Å². The highest BCUT2D eigenvalue weighted by Gasteiger charge is 2.44. The molecule has 1 aliphatic heterocycles. The molecule has 0 saturated carbocycles. The van der Waals surface area contributed by atoms with E-state index in [2.05, 4.69) is 58.7 Å².